The van der Waals surface area contributed by atoms with Gasteiger partial charge < -0.3 is 4.42 Å². The van der Waals surface area contributed by atoms with Crippen molar-refractivity contribution in [3.8, 4) is 11.6 Å². The van der Waals surface area contributed by atoms with Crippen LogP contribution in [0.25, 0.3) is 22.6 Å². The molecule has 144 valence electrons. The monoisotopic (exact) mass is 454 g/mol. The van der Waals surface area contributed by atoms with E-state index in [2.05, 4.69) is 36.6 Å². The zero-order chi connectivity index (χ0) is 19.9. The summed E-state index contributed by atoms with van der Waals surface area (Å²) in [5, 5.41) is 13.8. The molecule has 0 radical (unpaired) electrons. The number of nitrogens with one attached hydrogen (secondary N) is 1. The van der Waals surface area contributed by atoms with Gasteiger partial charge in [0.25, 0.3) is 0 Å². The minimum Gasteiger partial charge on any atom is -0.449 e. The fraction of sp³-hybridized carbons (Fsp3) is 0.167. The van der Waals surface area contributed by atoms with Gasteiger partial charge in [-0.05, 0) is 47.4 Å². The molecule has 2 heterocycles. The molecule has 0 amide bonds. The molecule has 28 heavy (non-hydrogen) atoms. The molecule has 0 fully saturated rings. The molecule has 1 N–H and O–H groups in total. The van der Waals surface area contributed by atoms with Gasteiger partial charge in [0.1, 0.15) is 0 Å². The number of fused-ring (bicyclic) bond motifs is 1. The molecule has 0 unspecified atom stereocenters. The Morgan fingerprint density at radius 1 is 1.07 bits per heavy atom. The normalized spacial score (nSPS) is 12.0. The second-order valence-corrected chi connectivity index (χ2v) is 6.97. The summed E-state index contributed by atoms with van der Waals surface area (Å²) < 4.78 is 59.4. The quantitative estimate of drug-likeness (QED) is 0.423. The van der Waals surface area contributed by atoms with Gasteiger partial charge in [0.15, 0.2) is 17.2 Å². The predicted molar refractivity (Wildman–Crippen MR) is 95.9 cm³/mol. The third kappa shape index (κ3) is 3.51. The number of benzene rings is 2. The van der Waals surface area contributed by atoms with E-state index in [1.54, 1.807) is 24.3 Å². The van der Waals surface area contributed by atoms with E-state index in [0.29, 0.717) is 16.5 Å². The largest absolute Gasteiger partial charge is 0.449 e. The van der Waals surface area contributed by atoms with Crippen LogP contribution in [0, 0.1) is 5.82 Å². The molecule has 0 saturated carbocycles. The van der Waals surface area contributed by atoms with E-state index in [1.807, 2.05) is 0 Å². The molecule has 0 aliphatic carbocycles. The highest BCUT2D eigenvalue weighted by atomic mass is 79.9. The molecule has 2 aromatic carbocycles. The topological polar surface area (TPSA) is 67.6 Å². The lowest BCUT2D eigenvalue weighted by Crippen LogP contribution is -2.07. The molecule has 0 atom stereocenters. The second-order valence-electron chi connectivity index (χ2n) is 6.12. The Hall–Kier alpha value is -2.75. The Balaban J connectivity index is 1.60. The molecule has 0 aliphatic rings. The Labute approximate surface area is 163 Å². The number of H-pyrrole nitrogens is 1. The first-order valence-corrected chi connectivity index (χ1v) is 8.92. The zero-order valence-electron chi connectivity index (χ0n) is 14.0. The van der Waals surface area contributed by atoms with E-state index in [1.165, 1.54) is 6.07 Å². The Morgan fingerprint density at radius 3 is 2.61 bits per heavy atom. The van der Waals surface area contributed by atoms with Crippen LogP contribution in [-0.2, 0) is 19.0 Å². The summed E-state index contributed by atoms with van der Waals surface area (Å²) in [6.07, 6.45) is -3.99. The first-order valence-electron chi connectivity index (χ1n) is 8.13. The molecule has 10 heteroatoms. The van der Waals surface area contributed by atoms with Crippen molar-refractivity contribution in [2.75, 3.05) is 0 Å². The number of hydrogen-bond donors (Lipinski definition) is 1. The molecule has 2 aromatic heterocycles. The molecule has 0 spiro atoms. The van der Waals surface area contributed by atoms with Crippen molar-refractivity contribution in [2.24, 2.45) is 0 Å². The van der Waals surface area contributed by atoms with Gasteiger partial charge in [0.05, 0.1) is 5.56 Å². The number of alkyl halides is 3. The number of rotatable bonds is 4. The number of aromatic nitrogens is 4. The van der Waals surface area contributed by atoms with Gasteiger partial charge in [-0.25, -0.2) is 4.39 Å². The van der Waals surface area contributed by atoms with Crippen LogP contribution in [0.1, 0.15) is 16.7 Å². The summed E-state index contributed by atoms with van der Waals surface area (Å²) in [4.78, 5) is 0. The van der Waals surface area contributed by atoms with E-state index >= 15 is 0 Å². The average molecular weight is 455 g/mol. The van der Waals surface area contributed by atoms with Crippen LogP contribution in [0.2, 0.25) is 0 Å². The van der Waals surface area contributed by atoms with Crippen LogP contribution in [0.3, 0.4) is 0 Å². The van der Waals surface area contributed by atoms with Crippen LogP contribution < -0.4 is 0 Å². The van der Waals surface area contributed by atoms with Gasteiger partial charge >= 0.3 is 6.18 Å². The van der Waals surface area contributed by atoms with E-state index in [-0.39, 0.29) is 34.5 Å². The third-order valence-electron chi connectivity index (χ3n) is 4.29. The van der Waals surface area contributed by atoms with Crippen LogP contribution in [-0.4, -0.2) is 20.6 Å². The lowest BCUT2D eigenvalue weighted by atomic mass is 10.0. The highest BCUT2D eigenvalue weighted by Crippen LogP contribution is 2.35. The van der Waals surface area contributed by atoms with Gasteiger partial charge in [-0.3, -0.25) is 0 Å². The van der Waals surface area contributed by atoms with Crippen molar-refractivity contribution >= 4 is 26.9 Å². The maximum absolute atomic E-state index is 14.8. The maximum atomic E-state index is 14.8. The highest BCUT2D eigenvalue weighted by Gasteiger charge is 2.33. The number of furan rings is 1. The molecule has 4 rings (SSSR count). The van der Waals surface area contributed by atoms with E-state index in [9.17, 15) is 17.6 Å². The van der Waals surface area contributed by atoms with Crippen molar-refractivity contribution in [3.63, 3.8) is 0 Å². The lowest BCUT2D eigenvalue weighted by Gasteiger charge is -2.11. The Kier molecular flexibility index (Phi) is 4.66. The second kappa shape index (κ2) is 7.01. The molecular formula is C18H11BrF4N4O. The molecule has 0 aliphatic heterocycles. The average Bonchev–Trinajstić information content (AvgIpc) is 3.31. The smallest absolute Gasteiger partial charge is 0.417 e. The molecule has 0 saturated heterocycles. The summed E-state index contributed by atoms with van der Waals surface area (Å²) in [6, 6.07) is 8.87. The fourth-order valence-corrected chi connectivity index (χ4v) is 3.37. The number of hydrogen-bond acceptors (Lipinski definition) is 4. The molecular weight excluding hydrogens is 444 g/mol. The van der Waals surface area contributed by atoms with Crippen LogP contribution in [0.15, 0.2) is 45.3 Å². The van der Waals surface area contributed by atoms with E-state index < -0.39 is 17.6 Å². The summed E-state index contributed by atoms with van der Waals surface area (Å²) in [5.41, 5.74) is 0.0979. The Morgan fingerprint density at radius 2 is 1.89 bits per heavy atom. The number of tetrazole rings is 1. The van der Waals surface area contributed by atoms with Crippen molar-refractivity contribution in [3.05, 3.63) is 63.4 Å². The minimum absolute atomic E-state index is 0.0269. The van der Waals surface area contributed by atoms with Gasteiger partial charge in [-0.2, -0.15) is 18.4 Å². The van der Waals surface area contributed by atoms with Crippen molar-refractivity contribution in [1.82, 2.24) is 20.6 Å². The van der Waals surface area contributed by atoms with Crippen LogP contribution in [0.5, 0.6) is 0 Å². The third-order valence-corrected chi connectivity index (χ3v) is 4.98. The number of nitrogens with zero attached hydrogens (tertiary/aromatic N) is 3. The van der Waals surface area contributed by atoms with E-state index in [4.69, 9.17) is 4.42 Å². The van der Waals surface area contributed by atoms with Crippen LogP contribution >= 0.6 is 15.9 Å². The number of halogens is 5. The maximum Gasteiger partial charge on any atom is 0.417 e. The summed E-state index contributed by atoms with van der Waals surface area (Å²) in [5.74, 6) is -0.0883. The van der Waals surface area contributed by atoms with Crippen molar-refractivity contribution < 1.29 is 22.0 Å². The molecule has 5 nitrogen and oxygen atoms in total. The van der Waals surface area contributed by atoms with Gasteiger partial charge in [-0.1, -0.05) is 34.1 Å². The molecule has 0 bridgehead atoms. The standard InChI is InChI=1S/C18H11BrF4N4O/c19-13-6-2-9(7-12(13)18(21,22)23)1-3-10-4-5-11-8-14(17-24-26-27-25-17)28-16(11)15(10)20/h2,4-8H,1,3H2,(H,24,25,26,27). The summed E-state index contributed by atoms with van der Waals surface area (Å²) >= 11 is 2.91. The van der Waals surface area contributed by atoms with E-state index in [0.717, 1.165) is 6.07 Å². The van der Waals surface area contributed by atoms with Gasteiger partial charge in [0.2, 0.25) is 5.82 Å². The first kappa shape index (κ1) is 18.6. The Bertz CT molecular complexity index is 1140. The number of aromatic amines is 1. The van der Waals surface area contributed by atoms with Gasteiger partial charge in [0, 0.05) is 9.86 Å². The van der Waals surface area contributed by atoms with Crippen LogP contribution in [0.4, 0.5) is 17.6 Å². The van der Waals surface area contributed by atoms with Gasteiger partial charge in [-0.15, -0.1) is 10.2 Å². The highest BCUT2D eigenvalue weighted by molar-refractivity contribution is 9.10. The lowest BCUT2D eigenvalue weighted by molar-refractivity contribution is -0.138. The predicted octanol–water partition coefficient (Wildman–Crippen LogP) is 5.32. The first-order chi connectivity index (χ1) is 13.3. The fourth-order valence-electron chi connectivity index (χ4n) is 2.90. The SMILES string of the molecule is Fc1c(CCc2ccc(Br)c(C(F)(F)F)c2)ccc2cc(-c3nn[nH]n3)oc12. The zero-order valence-corrected chi connectivity index (χ0v) is 15.6. The van der Waals surface area contributed by atoms with Crippen molar-refractivity contribution in [1.29, 1.82) is 0 Å². The van der Waals surface area contributed by atoms with Crippen molar-refractivity contribution in [2.45, 2.75) is 19.0 Å². The molecule has 4 aromatic rings. The summed E-state index contributed by atoms with van der Waals surface area (Å²) in [6.45, 7) is 0. The summed E-state index contributed by atoms with van der Waals surface area (Å²) in [7, 11) is 0. The number of aryl methyl sites for hydroxylation is 2. The minimum atomic E-state index is -4.46.